The molecule has 0 aliphatic rings. The molecule has 0 fully saturated rings. The summed E-state index contributed by atoms with van der Waals surface area (Å²) in [6.07, 6.45) is 0. The van der Waals surface area contributed by atoms with Crippen molar-refractivity contribution in [1.82, 2.24) is 0 Å². The molecule has 0 aliphatic heterocycles. The largest absolute Gasteiger partial charge is 0.369 e. The average Bonchev–Trinajstić information content (AvgIpc) is 2.47. The Morgan fingerprint density at radius 3 is 2.57 bits per heavy atom. The van der Waals surface area contributed by atoms with Crippen LogP contribution < -0.4 is 16.0 Å². The molecule has 2 aromatic rings. The summed E-state index contributed by atoms with van der Waals surface area (Å²) in [7, 11) is 1.83. The molecular weight excluding hydrogens is 467 g/mol. The highest BCUT2D eigenvalue weighted by molar-refractivity contribution is 9.10. The highest BCUT2D eigenvalue weighted by Crippen LogP contribution is 2.26. The molecule has 2 rings (SSSR count). The summed E-state index contributed by atoms with van der Waals surface area (Å²) >= 11 is 18.8. The molecule has 0 bridgehead atoms. The van der Waals surface area contributed by atoms with Crippen LogP contribution in [0.2, 0.25) is 10.0 Å². The number of halogens is 4. The van der Waals surface area contributed by atoms with E-state index in [9.17, 15) is 0 Å². The number of aliphatic imine (C=N–C) groups is 1. The van der Waals surface area contributed by atoms with Crippen LogP contribution in [0.5, 0.6) is 0 Å². The van der Waals surface area contributed by atoms with Gasteiger partial charge in [-0.1, -0.05) is 39.1 Å². The van der Waals surface area contributed by atoms with Crippen molar-refractivity contribution in [2.45, 2.75) is 0 Å². The summed E-state index contributed by atoms with van der Waals surface area (Å²) in [4.78, 5) is 6.07. The van der Waals surface area contributed by atoms with E-state index in [1.165, 1.54) is 0 Å². The number of nitrogens with two attached hydrogens (primary N) is 1. The van der Waals surface area contributed by atoms with Gasteiger partial charge in [0, 0.05) is 37.4 Å². The maximum absolute atomic E-state index is 6.05. The van der Waals surface area contributed by atoms with Gasteiger partial charge in [0.1, 0.15) is 6.67 Å². The predicted octanol–water partition coefficient (Wildman–Crippen LogP) is 5.34. The monoisotopic (exact) mass is 478 g/mol. The summed E-state index contributed by atoms with van der Waals surface area (Å²) in [5.41, 5.74) is 7.75. The fourth-order valence-corrected chi connectivity index (χ4v) is 3.47. The zero-order valence-electron chi connectivity index (χ0n) is 12.2. The van der Waals surface area contributed by atoms with Crippen LogP contribution in [0.3, 0.4) is 0 Å². The quantitative estimate of drug-likeness (QED) is 0.459. The Morgan fingerprint density at radius 2 is 1.91 bits per heavy atom. The normalized spacial score (nSPS) is 11.4. The minimum absolute atomic E-state index is 0.331. The van der Waals surface area contributed by atoms with E-state index >= 15 is 0 Å². The number of guanidine groups is 1. The van der Waals surface area contributed by atoms with E-state index in [0.29, 0.717) is 22.7 Å². The van der Waals surface area contributed by atoms with Crippen molar-refractivity contribution in [1.29, 1.82) is 0 Å². The van der Waals surface area contributed by atoms with Crippen molar-refractivity contribution < 1.29 is 0 Å². The van der Waals surface area contributed by atoms with Gasteiger partial charge in [-0.05, 0) is 52.3 Å². The number of rotatable bonds is 4. The first kappa shape index (κ1) is 18.4. The van der Waals surface area contributed by atoms with Gasteiger partial charge in [0.2, 0.25) is 0 Å². The minimum atomic E-state index is 0.331. The third-order valence-electron chi connectivity index (χ3n) is 3.02. The third kappa shape index (κ3) is 5.28. The fourth-order valence-electron chi connectivity index (χ4n) is 1.81. The Hall–Kier alpha value is -0.950. The maximum atomic E-state index is 6.05. The Balaban J connectivity index is 2.04. The predicted molar refractivity (Wildman–Crippen MR) is 107 cm³/mol. The van der Waals surface area contributed by atoms with Gasteiger partial charge in [0.15, 0.2) is 5.96 Å². The molecule has 0 amide bonds. The SMILES string of the molecule is CN(C(N)=NCNc1ccc(Cl)cc1Br)c1cc(Cl)cc(Br)c1. The number of nitrogens with zero attached hydrogens (tertiary/aromatic N) is 2. The molecule has 8 heteroatoms. The fraction of sp³-hybridized carbons (Fsp3) is 0.133. The summed E-state index contributed by atoms with van der Waals surface area (Å²) in [6.45, 7) is 0.331. The minimum Gasteiger partial charge on any atom is -0.369 e. The van der Waals surface area contributed by atoms with Gasteiger partial charge in [-0.15, -0.1) is 0 Å². The third-order valence-corrected chi connectivity index (χ3v) is 4.59. The van der Waals surface area contributed by atoms with Crippen molar-refractivity contribution in [3.05, 3.63) is 55.4 Å². The van der Waals surface area contributed by atoms with Gasteiger partial charge in [-0.3, -0.25) is 0 Å². The van der Waals surface area contributed by atoms with Crippen LogP contribution in [0.15, 0.2) is 50.3 Å². The zero-order valence-corrected chi connectivity index (χ0v) is 16.8. The molecule has 4 nitrogen and oxygen atoms in total. The first-order valence-corrected chi connectivity index (χ1v) is 8.89. The number of hydrogen-bond acceptors (Lipinski definition) is 2. The number of benzene rings is 2. The highest BCUT2D eigenvalue weighted by Gasteiger charge is 2.07. The lowest BCUT2D eigenvalue weighted by atomic mass is 10.3. The van der Waals surface area contributed by atoms with Crippen molar-refractivity contribution >= 4 is 72.4 Å². The molecule has 0 spiro atoms. The van der Waals surface area contributed by atoms with E-state index in [4.69, 9.17) is 28.9 Å². The molecule has 0 radical (unpaired) electrons. The number of hydrogen-bond donors (Lipinski definition) is 2. The van der Waals surface area contributed by atoms with Crippen molar-refractivity contribution in [3.8, 4) is 0 Å². The lowest BCUT2D eigenvalue weighted by molar-refractivity contribution is 1.09. The van der Waals surface area contributed by atoms with Gasteiger partial charge in [-0.25, -0.2) is 4.99 Å². The van der Waals surface area contributed by atoms with Crippen LogP contribution in [0, 0.1) is 0 Å². The van der Waals surface area contributed by atoms with Gasteiger partial charge in [0.05, 0.1) is 0 Å². The molecule has 0 atom stereocenters. The molecule has 0 aromatic heterocycles. The summed E-state index contributed by atoms with van der Waals surface area (Å²) in [5, 5.41) is 4.45. The first-order valence-electron chi connectivity index (χ1n) is 6.55. The Bertz CT molecular complexity index is 717. The van der Waals surface area contributed by atoms with Crippen molar-refractivity contribution in [2.24, 2.45) is 10.7 Å². The Labute approximate surface area is 161 Å². The van der Waals surface area contributed by atoms with Crippen LogP contribution in [0.25, 0.3) is 0 Å². The first-order chi connectivity index (χ1) is 10.9. The number of anilines is 2. The van der Waals surface area contributed by atoms with E-state index in [2.05, 4.69) is 42.2 Å². The standard InChI is InChI=1S/C15H14Br2Cl2N4/c1-23(12-5-9(16)4-11(19)6-12)15(20)22-8-21-14-3-2-10(18)7-13(14)17/h2-7,21H,8H2,1H3,(H2,20,22). The topological polar surface area (TPSA) is 53.6 Å². The summed E-state index contributed by atoms with van der Waals surface area (Å²) < 4.78 is 1.74. The second-order valence-electron chi connectivity index (χ2n) is 4.66. The Kier molecular flexibility index (Phi) is 6.59. The van der Waals surface area contributed by atoms with Crippen LogP contribution in [0.4, 0.5) is 11.4 Å². The van der Waals surface area contributed by atoms with Gasteiger partial charge in [-0.2, -0.15) is 0 Å². The molecule has 0 heterocycles. The van der Waals surface area contributed by atoms with Crippen molar-refractivity contribution in [2.75, 3.05) is 23.9 Å². The van der Waals surface area contributed by atoms with Gasteiger partial charge < -0.3 is 16.0 Å². The molecule has 2 aromatic carbocycles. The van der Waals surface area contributed by atoms with Crippen LogP contribution >= 0.6 is 55.1 Å². The lowest BCUT2D eigenvalue weighted by Crippen LogP contribution is -2.34. The average molecular weight is 481 g/mol. The second-order valence-corrected chi connectivity index (χ2v) is 7.30. The van der Waals surface area contributed by atoms with Gasteiger partial charge >= 0.3 is 0 Å². The van der Waals surface area contributed by atoms with E-state index in [1.807, 2.05) is 37.4 Å². The molecule has 0 unspecified atom stereocenters. The molecule has 0 saturated carbocycles. The molecule has 122 valence electrons. The molecule has 0 aliphatic carbocycles. The maximum Gasteiger partial charge on any atom is 0.197 e. The van der Waals surface area contributed by atoms with Crippen molar-refractivity contribution in [3.63, 3.8) is 0 Å². The Morgan fingerprint density at radius 1 is 1.17 bits per heavy atom. The van der Waals surface area contributed by atoms with E-state index < -0.39 is 0 Å². The van der Waals surface area contributed by atoms with Gasteiger partial charge in [0.25, 0.3) is 0 Å². The van der Waals surface area contributed by atoms with E-state index in [0.717, 1.165) is 20.3 Å². The molecule has 0 saturated heterocycles. The molecular formula is C15H14Br2Cl2N4. The summed E-state index contributed by atoms with van der Waals surface area (Å²) in [5.74, 6) is 0.372. The van der Waals surface area contributed by atoms with Crippen LogP contribution in [-0.4, -0.2) is 19.7 Å². The van der Waals surface area contributed by atoms with E-state index in [1.54, 1.807) is 11.0 Å². The lowest BCUT2D eigenvalue weighted by Gasteiger charge is -2.19. The second kappa shape index (κ2) is 8.24. The smallest absolute Gasteiger partial charge is 0.197 e. The molecule has 3 N–H and O–H groups in total. The summed E-state index contributed by atoms with van der Waals surface area (Å²) in [6, 6.07) is 11.0. The van der Waals surface area contributed by atoms with Crippen LogP contribution in [0.1, 0.15) is 0 Å². The number of nitrogens with one attached hydrogen (secondary N) is 1. The van der Waals surface area contributed by atoms with Crippen LogP contribution in [-0.2, 0) is 0 Å². The highest BCUT2D eigenvalue weighted by atomic mass is 79.9. The molecule has 23 heavy (non-hydrogen) atoms. The van der Waals surface area contributed by atoms with E-state index in [-0.39, 0.29) is 0 Å². The zero-order chi connectivity index (χ0) is 17.0.